The number of likely N-dealkylation sites (tertiary alicyclic amines) is 1. The lowest BCUT2D eigenvalue weighted by atomic mass is 9.78. The highest BCUT2D eigenvalue weighted by molar-refractivity contribution is 6.01. The van der Waals surface area contributed by atoms with Gasteiger partial charge in [-0.05, 0) is 113 Å². The molecule has 0 saturated carbocycles. The number of hydrogen-bond acceptors (Lipinski definition) is 7. The van der Waals surface area contributed by atoms with E-state index in [-0.39, 0.29) is 35.5 Å². The van der Waals surface area contributed by atoms with Gasteiger partial charge in [-0.3, -0.25) is 24.6 Å². The van der Waals surface area contributed by atoms with Crippen LogP contribution in [0.15, 0.2) is 47.4 Å². The zero-order valence-electron chi connectivity index (χ0n) is 29.4. The zero-order chi connectivity index (χ0) is 36.6. The first-order valence-electron chi connectivity index (χ1n) is 17.6. The number of rotatable bonds is 8. The number of alkyl halides is 3. The van der Waals surface area contributed by atoms with E-state index in [1.807, 2.05) is 6.92 Å². The molecule has 6 rings (SSSR count). The first kappa shape index (κ1) is 36.4. The van der Waals surface area contributed by atoms with Crippen molar-refractivity contribution in [2.24, 2.45) is 18.9 Å². The van der Waals surface area contributed by atoms with E-state index in [4.69, 9.17) is 0 Å². The summed E-state index contributed by atoms with van der Waals surface area (Å²) in [6.45, 7) is 8.35. The highest BCUT2D eigenvalue weighted by Gasteiger charge is 2.36. The van der Waals surface area contributed by atoms with E-state index < -0.39 is 18.3 Å². The number of amides is 2. The van der Waals surface area contributed by atoms with Crippen molar-refractivity contribution in [3.8, 4) is 16.9 Å². The largest absolute Gasteiger partial charge is 0.573 e. The van der Waals surface area contributed by atoms with Gasteiger partial charge < -0.3 is 19.5 Å². The normalized spacial score (nSPS) is 20.3. The van der Waals surface area contributed by atoms with Crippen LogP contribution in [0.1, 0.15) is 68.2 Å². The molecular weight excluding hydrogens is 666 g/mol. The van der Waals surface area contributed by atoms with Gasteiger partial charge in [-0.25, -0.2) is 4.39 Å². The Morgan fingerprint density at radius 3 is 2.20 bits per heavy atom. The maximum atomic E-state index is 15.2. The molecule has 3 aliphatic rings. The van der Waals surface area contributed by atoms with Crippen LogP contribution in [0.2, 0.25) is 0 Å². The molecule has 3 fully saturated rings. The summed E-state index contributed by atoms with van der Waals surface area (Å²) >= 11 is 0. The molecule has 9 nitrogen and oxygen atoms in total. The molecule has 274 valence electrons. The predicted molar refractivity (Wildman–Crippen MR) is 187 cm³/mol. The van der Waals surface area contributed by atoms with Crippen molar-refractivity contribution in [2.45, 2.75) is 77.7 Å². The van der Waals surface area contributed by atoms with Gasteiger partial charge >= 0.3 is 6.36 Å². The first-order valence-corrected chi connectivity index (χ1v) is 17.6. The smallest absolute Gasteiger partial charge is 0.405 e. The Kier molecular flexibility index (Phi) is 10.5. The first-order chi connectivity index (χ1) is 24.2. The number of hydrogen-bond donors (Lipinski definition) is 2. The summed E-state index contributed by atoms with van der Waals surface area (Å²) in [5, 5.41) is 5.33. The van der Waals surface area contributed by atoms with Gasteiger partial charge in [0.05, 0.1) is 5.69 Å². The summed E-state index contributed by atoms with van der Waals surface area (Å²) in [6.07, 6.45) is 1.08. The Balaban J connectivity index is 1.06. The number of anilines is 2. The maximum Gasteiger partial charge on any atom is 0.573 e. The summed E-state index contributed by atoms with van der Waals surface area (Å²) in [7, 11) is 1.62. The van der Waals surface area contributed by atoms with Gasteiger partial charge in [-0.2, -0.15) is 0 Å². The molecule has 0 bridgehead atoms. The van der Waals surface area contributed by atoms with Crippen molar-refractivity contribution >= 4 is 23.2 Å². The van der Waals surface area contributed by atoms with Gasteiger partial charge in [0.15, 0.2) is 0 Å². The van der Waals surface area contributed by atoms with Gasteiger partial charge in [0, 0.05) is 61.2 Å². The molecule has 4 heterocycles. The molecule has 3 aliphatic heterocycles. The molecule has 2 N–H and O–H groups in total. The summed E-state index contributed by atoms with van der Waals surface area (Å²) in [4.78, 5) is 40.2. The second kappa shape index (κ2) is 14.7. The van der Waals surface area contributed by atoms with Crippen molar-refractivity contribution in [3.05, 3.63) is 75.5 Å². The fourth-order valence-electron chi connectivity index (χ4n) is 8.00. The number of imide groups is 1. The van der Waals surface area contributed by atoms with E-state index in [0.29, 0.717) is 57.4 Å². The van der Waals surface area contributed by atoms with E-state index in [1.54, 1.807) is 51.4 Å². The minimum Gasteiger partial charge on any atom is -0.405 e. The molecule has 2 atom stereocenters. The number of carbonyl (C=O) groups is 2. The fourth-order valence-corrected chi connectivity index (χ4v) is 8.00. The predicted octanol–water partition coefficient (Wildman–Crippen LogP) is 6.61. The van der Waals surface area contributed by atoms with E-state index in [0.717, 1.165) is 51.9 Å². The molecule has 2 aromatic carbocycles. The molecule has 51 heavy (non-hydrogen) atoms. The van der Waals surface area contributed by atoms with Crippen LogP contribution in [-0.2, 0) is 16.6 Å². The van der Waals surface area contributed by atoms with Crippen molar-refractivity contribution in [2.75, 3.05) is 36.4 Å². The van der Waals surface area contributed by atoms with Gasteiger partial charge in [0.1, 0.15) is 17.6 Å². The molecule has 3 saturated heterocycles. The highest BCUT2D eigenvalue weighted by atomic mass is 19.4. The average molecular weight is 712 g/mol. The summed E-state index contributed by atoms with van der Waals surface area (Å²) in [6, 6.07) is 8.94. The minimum atomic E-state index is -4.86. The number of benzene rings is 2. The molecule has 13 heteroatoms. The molecule has 2 amide bonds. The summed E-state index contributed by atoms with van der Waals surface area (Å²) in [5.74, 6) is -0.355. The number of carbonyl (C=O) groups excluding carboxylic acids is 2. The number of halogens is 4. The minimum absolute atomic E-state index is 0.149. The van der Waals surface area contributed by atoms with Crippen LogP contribution in [0.4, 0.5) is 28.9 Å². The van der Waals surface area contributed by atoms with Crippen LogP contribution in [0.5, 0.6) is 5.75 Å². The molecule has 0 radical (unpaired) electrons. The second-order valence-corrected chi connectivity index (χ2v) is 14.2. The lowest BCUT2D eigenvalue weighted by molar-refractivity contribution is -0.275. The molecule has 0 aliphatic carbocycles. The van der Waals surface area contributed by atoms with Gasteiger partial charge in [-0.15, -0.1) is 13.2 Å². The lowest BCUT2D eigenvalue weighted by Crippen LogP contribution is -2.47. The van der Waals surface area contributed by atoms with Crippen LogP contribution in [0, 0.1) is 31.5 Å². The summed E-state index contributed by atoms with van der Waals surface area (Å²) in [5.41, 5.74) is 3.81. The molecule has 0 spiro atoms. The van der Waals surface area contributed by atoms with Crippen LogP contribution in [0.3, 0.4) is 0 Å². The Morgan fingerprint density at radius 2 is 1.57 bits per heavy atom. The van der Waals surface area contributed by atoms with Crippen molar-refractivity contribution in [3.63, 3.8) is 0 Å². The third kappa shape index (κ3) is 8.08. The number of aryl methyl sites for hydroxylation is 1. The van der Waals surface area contributed by atoms with Crippen molar-refractivity contribution < 1.29 is 31.9 Å². The quantitative estimate of drug-likeness (QED) is 0.201. The summed E-state index contributed by atoms with van der Waals surface area (Å²) < 4.78 is 62.2. The van der Waals surface area contributed by atoms with E-state index >= 15 is 4.39 Å². The highest BCUT2D eigenvalue weighted by Crippen LogP contribution is 2.40. The number of nitrogens with one attached hydrogen (secondary N) is 2. The topological polar surface area (TPSA) is 95.9 Å². The number of ether oxygens (including phenoxy) is 1. The van der Waals surface area contributed by atoms with Crippen LogP contribution < -0.4 is 25.8 Å². The fraction of sp³-hybridized carbons (Fsp3) is 0.500. The third-order valence-corrected chi connectivity index (χ3v) is 11.1. The maximum absolute atomic E-state index is 15.2. The Bertz CT molecular complexity index is 1840. The number of aromatic nitrogens is 1. The van der Waals surface area contributed by atoms with Crippen LogP contribution in [-0.4, -0.2) is 59.9 Å². The van der Waals surface area contributed by atoms with Crippen molar-refractivity contribution in [1.82, 2.24) is 14.8 Å². The Morgan fingerprint density at radius 1 is 0.902 bits per heavy atom. The molecule has 3 aromatic rings. The zero-order valence-corrected chi connectivity index (χ0v) is 29.4. The third-order valence-electron chi connectivity index (χ3n) is 11.1. The molecule has 2 unspecified atom stereocenters. The van der Waals surface area contributed by atoms with Gasteiger partial charge in [0.25, 0.3) is 5.56 Å². The van der Waals surface area contributed by atoms with Crippen molar-refractivity contribution in [1.29, 1.82) is 0 Å². The second-order valence-electron chi connectivity index (χ2n) is 14.2. The lowest BCUT2D eigenvalue weighted by Gasteiger charge is -2.42. The number of nitrogens with zero attached hydrogens (tertiary/aromatic N) is 3. The van der Waals surface area contributed by atoms with E-state index in [1.165, 1.54) is 16.7 Å². The monoisotopic (exact) mass is 711 g/mol. The van der Waals surface area contributed by atoms with Crippen LogP contribution >= 0.6 is 0 Å². The molecule has 1 aromatic heterocycles. The van der Waals surface area contributed by atoms with Gasteiger partial charge in [-0.1, -0.05) is 12.1 Å². The SMILES string of the molecule is Cc1c(-c2ccc(C(C)N3CCC(C4CCN(c5ccc(NC6CCC(=O)NC6=O)cc5F)CC4)CC3)c(OC(F)(F)F)c2)cn(C)c(=O)c1C. The van der Waals surface area contributed by atoms with E-state index in [9.17, 15) is 27.6 Å². The molecular formula is C38H45F4N5O4. The van der Waals surface area contributed by atoms with Gasteiger partial charge in [0.2, 0.25) is 11.8 Å². The van der Waals surface area contributed by atoms with E-state index in [2.05, 4.69) is 25.2 Å². The number of pyridine rings is 1. The Hall–Kier alpha value is -4.39. The van der Waals surface area contributed by atoms with Crippen LogP contribution in [0.25, 0.3) is 11.1 Å². The number of piperidine rings is 3. The standard InChI is InChI=1S/C38H45F4N5O4/c1-22-23(2)37(50)45(4)21-30(22)27-5-7-29(34(19-27)51-38(40,41)42)24(3)46-15-11-25(12-16-46)26-13-17-47(18-14-26)33-9-6-28(20-31(33)39)43-32-8-10-35(48)44-36(32)49/h5-7,9,19-21,24-26,32,43H,8,10-18H2,1-4H3,(H,44,48,49). The Labute approximate surface area is 295 Å². The average Bonchev–Trinajstić information content (AvgIpc) is 3.09.